The molecule has 10 heterocycles. The molecular weight excluding hydrogens is 1210 g/mol. The van der Waals surface area contributed by atoms with Crippen LogP contribution in [0.2, 0.25) is 0 Å². The highest BCUT2D eigenvalue weighted by atomic mass is 32.2. The van der Waals surface area contributed by atoms with Gasteiger partial charge < -0.3 is 13.4 Å². The summed E-state index contributed by atoms with van der Waals surface area (Å²) in [6.45, 7) is 0. The molecule has 13 aromatic carbocycles. The molecule has 434 valence electrons. The van der Waals surface area contributed by atoms with Gasteiger partial charge in [0.15, 0.2) is 0 Å². The lowest BCUT2D eigenvalue weighted by atomic mass is 9.98. The highest BCUT2D eigenvalue weighted by molar-refractivity contribution is 8.00. The first-order valence-electron chi connectivity index (χ1n) is 31.4. The molecular formula is C82H41N7O2S3. The van der Waals surface area contributed by atoms with E-state index in [1.54, 1.807) is 23.5 Å². The fraction of sp³-hybridized carbons (Fsp3) is 0. The Morgan fingerprint density at radius 1 is 0.309 bits per heavy atom. The lowest BCUT2D eigenvalue weighted by molar-refractivity contribution is 0.672. The van der Waals surface area contributed by atoms with Gasteiger partial charge in [0.1, 0.15) is 22.3 Å². The van der Waals surface area contributed by atoms with Crippen LogP contribution in [0.3, 0.4) is 0 Å². The number of hydrogen-bond donors (Lipinski definition) is 0. The van der Waals surface area contributed by atoms with E-state index in [0.717, 1.165) is 185 Å². The van der Waals surface area contributed by atoms with E-state index in [2.05, 4.69) is 262 Å². The number of furan rings is 2. The van der Waals surface area contributed by atoms with Crippen molar-refractivity contribution in [1.29, 1.82) is 0 Å². The Labute approximate surface area is 544 Å². The minimum Gasteiger partial charge on any atom is -0.455 e. The molecule has 0 aliphatic carbocycles. The zero-order chi connectivity index (χ0) is 60.8. The predicted molar refractivity (Wildman–Crippen MR) is 388 cm³/mol. The topological polar surface area (TPSA) is 92.6 Å². The van der Waals surface area contributed by atoms with Gasteiger partial charge in [-0.3, -0.25) is 9.13 Å². The maximum atomic E-state index is 7.29. The molecule has 0 radical (unpaired) electrons. The average molecular weight is 1250 g/mol. The van der Waals surface area contributed by atoms with Gasteiger partial charge in [-0.25, -0.2) is 19.9 Å². The van der Waals surface area contributed by atoms with Crippen LogP contribution in [0.5, 0.6) is 0 Å². The Morgan fingerprint density at radius 2 is 0.819 bits per heavy atom. The van der Waals surface area contributed by atoms with Gasteiger partial charge in [0.05, 0.1) is 71.0 Å². The molecule has 94 heavy (non-hydrogen) atoms. The molecule has 0 saturated heterocycles. The second-order valence-corrected chi connectivity index (χ2v) is 27.9. The lowest BCUT2D eigenvalue weighted by Crippen LogP contribution is -2.06. The number of fused-ring (bicyclic) bond motifs is 28. The van der Waals surface area contributed by atoms with Gasteiger partial charge in [-0.15, -0.1) is 11.3 Å². The summed E-state index contributed by atoms with van der Waals surface area (Å²) in [4.78, 5) is 27.3. The van der Waals surface area contributed by atoms with Crippen LogP contribution in [0.15, 0.2) is 277 Å². The lowest BCUT2D eigenvalue weighted by Gasteiger charge is -2.20. The van der Waals surface area contributed by atoms with Gasteiger partial charge in [-0.2, -0.15) is 0 Å². The molecule has 0 atom stereocenters. The van der Waals surface area contributed by atoms with Crippen LogP contribution in [0.1, 0.15) is 0 Å². The van der Waals surface area contributed by atoms with Crippen LogP contribution < -0.4 is 0 Å². The van der Waals surface area contributed by atoms with Crippen LogP contribution in [0.4, 0.5) is 0 Å². The number of benzene rings is 13. The van der Waals surface area contributed by atoms with E-state index in [9.17, 15) is 0 Å². The number of hydrogen-bond acceptors (Lipinski definition) is 9. The van der Waals surface area contributed by atoms with E-state index >= 15 is 0 Å². The maximum Gasteiger partial charge on any atom is 0.235 e. The zero-order valence-corrected chi connectivity index (χ0v) is 51.8. The molecule has 8 aromatic heterocycles. The summed E-state index contributed by atoms with van der Waals surface area (Å²) in [6.07, 6.45) is 0. The number of rotatable bonds is 4. The van der Waals surface area contributed by atoms with Crippen molar-refractivity contribution in [3.8, 4) is 51.2 Å². The van der Waals surface area contributed by atoms with Crippen LogP contribution in [-0.2, 0) is 0 Å². The van der Waals surface area contributed by atoms with Crippen molar-refractivity contribution in [1.82, 2.24) is 33.6 Å². The number of para-hydroxylation sites is 4. The van der Waals surface area contributed by atoms with E-state index in [1.165, 1.54) is 25.3 Å². The SMILES string of the molecule is c1ccc(-n2c3cc(-c4ccc5c(c4)c4c6oc7ccccc7c6c6c7ccccc7sc6c4n5-c4nc5c6c(cccc6n4)Sc4ccccc4-5)ccc3c3c4oc5ccccc5c4c4c5ccccc5n(-c5nc6c7c(cccc7n5)Sc5ccccc5-6)c4c32)cc1. The van der Waals surface area contributed by atoms with Gasteiger partial charge in [0.25, 0.3) is 0 Å². The van der Waals surface area contributed by atoms with Gasteiger partial charge in [0.2, 0.25) is 11.9 Å². The molecule has 0 bridgehead atoms. The van der Waals surface area contributed by atoms with Crippen molar-refractivity contribution in [2.75, 3.05) is 0 Å². The summed E-state index contributed by atoms with van der Waals surface area (Å²) >= 11 is 5.39. The molecule has 0 spiro atoms. The van der Waals surface area contributed by atoms with E-state index in [-0.39, 0.29) is 0 Å². The Hall–Kier alpha value is -11.5. The number of aromatic nitrogens is 7. The molecule has 9 nitrogen and oxygen atoms in total. The maximum absolute atomic E-state index is 7.29. The second-order valence-electron chi connectivity index (χ2n) is 24.6. The van der Waals surface area contributed by atoms with Gasteiger partial charge in [-0.1, -0.05) is 181 Å². The molecule has 0 saturated carbocycles. The van der Waals surface area contributed by atoms with Crippen molar-refractivity contribution in [2.24, 2.45) is 0 Å². The molecule has 2 aliphatic rings. The minimum atomic E-state index is 0.604. The first-order chi connectivity index (χ1) is 46.6. The minimum absolute atomic E-state index is 0.604. The molecule has 0 N–H and O–H groups in total. The Morgan fingerprint density at radius 3 is 1.51 bits per heavy atom. The van der Waals surface area contributed by atoms with Crippen LogP contribution in [-0.4, -0.2) is 33.6 Å². The normalized spacial score (nSPS) is 13.0. The molecule has 2 aliphatic heterocycles. The third-order valence-electron chi connectivity index (χ3n) is 19.8. The van der Waals surface area contributed by atoms with E-state index < -0.39 is 0 Å². The molecule has 21 aromatic rings. The van der Waals surface area contributed by atoms with Crippen LogP contribution in [0, 0.1) is 0 Å². The van der Waals surface area contributed by atoms with Gasteiger partial charge in [-0.05, 0) is 102 Å². The highest BCUT2D eigenvalue weighted by Gasteiger charge is 2.33. The van der Waals surface area contributed by atoms with Gasteiger partial charge in [0, 0.05) is 106 Å². The number of thiophene rings is 1. The van der Waals surface area contributed by atoms with Crippen molar-refractivity contribution < 1.29 is 8.83 Å². The van der Waals surface area contributed by atoms with Crippen molar-refractivity contribution >= 4 is 186 Å². The summed E-state index contributed by atoms with van der Waals surface area (Å²) in [5.41, 5.74) is 18.4. The van der Waals surface area contributed by atoms with E-state index in [0.29, 0.717) is 11.9 Å². The fourth-order valence-electron chi connectivity index (χ4n) is 16.0. The van der Waals surface area contributed by atoms with Crippen molar-refractivity contribution in [3.05, 3.63) is 249 Å². The quantitative estimate of drug-likeness (QED) is 0.172. The first-order valence-corrected chi connectivity index (χ1v) is 33.9. The zero-order valence-electron chi connectivity index (χ0n) is 49.3. The molecule has 0 fully saturated rings. The Bertz CT molecular complexity index is 7070. The van der Waals surface area contributed by atoms with Crippen molar-refractivity contribution in [2.45, 2.75) is 19.6 Å². The Kier molecular flexibility index (Phi) is 9.68. The third-order valence-corrected chi connectivity index (χ3v) is 23.3. The fourth-order valence-corrected chi connectivity index (χ4v) is 19.5. The van der Waals surface area contributed by atoms with Crippen LogP contribution >= 0.6 is 34.9 Å². The smallest absolute Gasteiger partial charge is 0.235 e. The predicted octanol–water partition coefficient (Wildman–Crippen LogP) is 23.0. The summed E-state index contributed by atoms with van der Waals surface area (Å²) < 4.78 is 24.0. The standard InChI is InChI=1S/C82H41N7O2S3/c1-2-18-44(19-3-1)87-57-41-43(36-38-46(57)69-76(87)75-65(66-47-21-5-11-29-58(47)90-78(66)69)45-20-4-10-28-55(45)88(75)81-83-53-26-16-34-63-71(53)73(85-81)50-24-8-14-32-61(50)92-63)42-37-39-56-52(40-42)70-77(80-68(49-23-7-13-31-60(49)94-80)67-48-22-6-12-30-59(48)91-79(67)70)89(56)82-84-54-27-17-35-64-72(54)74(86-82)51-25-9-15-33-62(51)93-64/h1-41H. The average Bonchev–Trinajstić information content (AvgIpc) is 1.52. The van der Waals surface area contributed by atoms with E-state index in [1.807, 2.05) is 11.3 Å². The summed E-state index contributed by atoms with van der Waals surface area (Å²) in [5.74, 6) is 1.22. The highest BCUT2D eigenvalue weighted by Crippen LogP contribution is 2.55. The summed E-state index contributed by atoms with van der Waals surface area (Å²) in [5, 5.41) is 15.1. The molecule has 12 heteroatoms. The Balaban J connectivity index is 0.850. The van der Waals surface area contributed by atoms with Gasteiger partial charge >= 0.3 is 0 Å². The molecule has 0 unspecified atom stereocenters. The first kappa shape index (κ1) is 50.1. The van der Waals surface area contributed by atoms with E-state index in [4.69, 9.17) is 28.8 Å². The monoisotopic (exact) mass is 1250 g/mol. The van der Waals surface area contributed by atoms with Crippen molar-refractivity contribution in [3.63, 3.8) is 0 Å². The second kappa shape index (κ2) is 18.1. The summed E-state index contributed by atoms with van der Waals surface area (Å²) in [7, 11) is 0. The molecule has 0 amide bonds. The summed E-state index contributed by atoms with van der Waals surface area (Å²) in [6, 6.07) is 89.4. The molecule has 23 rings (SSSR count). The largest absolute Gasteiger partial charge is 0.455 e. The number of nitrogens with zero attached hydrogens (tertiary/aromatic N) is 7. The van der Waals surface area contributed by atoms with Crippen LogP contribution in [0.25, 0.3) is 202 Å². The third kappa shape index (κ3) is 6.46.